The summed E-state index contributed by atoms with van der Waals surface area (Å²) in [6.07, 6.45) is 2.27. The van der Waals surface area contributed by atoms with Crippen LogP contribution in [0.1, 0.15) is 41.8 Å². The molecule has 0 fully saturated rings. The van der Waals surface area contributed by atoms with E-state index < -0.39 is 5.91 Å². The van der Waals surface area contributed by atoms with E-state index in [9.17, 15) is 9.18 Å². The van der Waals surface area contributed by atoms with E-state index in [1.807, 2.05) is 13.0 Å². The quantitative estimate of drug-likeness (QED) is 0.399. The number of nitrogens with two attached hydrogens (primary N) is 1. The van der Waals surface area contributed by atoms with Crippen molar-refractivity contribution in [1.29, 1.82) is 0 Å². The van der Waals surface area contributed by atoms with Crippen molar-refractivity contribution < 1.29 is 23.8 Å². The average Bonchev–Trinajstić information content (AvgIpc) is 3.18. The zero-order chi connectivity index (χ0) is 23.8. The predicted octanol–water partition coefficient (Wildman–Crippen LogP) is 2.67. The number of primary amides is 1. The Morgan fingerprint density at radius 3 is 2.82 bits per heavy atom. The second kappa shape index (κ2) is 11.9. The van der Waals surface area contributed by atoms with Gasteiger partial charge in [-0.05, 0) is 62.4 Å². The molecule has 0 radical (unpaired) electrons. The van der Waals surface area contributed by atoms with Crippen LogP contribution >= 0.6 is 0 Å². The highest BCUT2D eigenvalue weighted by molar-refractivity contribution is 6.00. The van der Waals surface area contributed by atoms with Crippen LogP contribution in [0.25, 0.3) is 0 Å². The highest BCUT2D eigenvalue weighted by Crippen LogP contribution is 2.33. The maximum atomic E-state index is 13.4. The topological polar surface area (TPSA) is 97.1 Å². The Bertz CT molecular complexity index is 953. The minimum Gasteiger partial charge on any atom is -0.490 e. The van der Waals surface area contributed by atoms with E-state index >= 15 is 0 Å². The molecule has 33 heavy (non-hydrogen) atoms. The number of amides is 1. The van der Waals surface area contributed by atoms with Crippen LogP contribution < -0.4 is 25.4 Å². The second-order valence-corrected chi connectivity index (χ2v) is 8.26. The van der Waals surface area contributed by atoms with Crippen molar-refractivity contribution >= 4 is 11.6 Å². The number of halogens is 1. The van der Waals surface area contributed by atoms with Gasteiger partial charge in [0.2, 0.25) is 0 Å². The lowest BCUT2D eigenvalue weighted by Crippen LogP contribution is -2.32. The van der Waals surface area contributed by atoms with Crippen molar-refractivity contribution in [3.05, 3.63) is 52.8 Å². The van der Waals surface area contributed by atoms with Crippen molar-refractivity contribution in [2.24, 2.45) is 5.73 Å². The molecule has 180 valence electrons. The van der Waals surface area contributed by atoms with Crippen LogP contribution in [0.15, 0.2) is 30.3 Å². The normalized spacial score (nSPS) is 13.6. The van der Waals surface area contributed by atoms with Crippen LogP contribution in [-0.4, -0.2) is 56.5 Å². The van der Waals surface area contributed by atoms with Crippen LogP contribution in [0, 0.1) is 5.82 Å². The van der Waals surface area contributed by atoms with E-state index in [4.69, 9.17) is 20.3 Å². The number of nitrogens with one attached hydrogen (secondary N) is 1. The van der Waals surface area contributed by atoms with Crippen molar-refractivity contribution in [2.75, 3.05) is 44.4 Å². The lowest BCUT2D eigenvalue weighted by molar-refractivity contribution is 0.100. The first-order chi connectivity index (χ1) is 15.9. The molecule has 1 aliphatic heterocycles. The molecule has 0 aliphatic carbocycles. The van der Waals surface area contributed by atoms with Gasteiger partial charge in [-0.25, -0.2) is 4.39 Å². The summed E-state index contributed by atoms with van der Waals surface area (Å²) in [5.74, 6) is 0.125. The van der Waals surface area contributed by atoms with Crippen LogP contribution in [0.5, 0.6) is 11.5 Å². The molecule has 0 saturated heterocycles. The molecule has 3 rings (SSSR count). The maximum absolute atomic E-state index is 13.4. The number of carbonyl (C=O) groups is 1. The van der Waals surface area contributed by atoms with E-state index in [2.05, 4.69) is 23.2 Å². The van der Waals surface area contributed by atoms with Crippen LogP contribution in [0.2, 0.25) is 0 Å². The van der Waals surface area contributed by atoms with E-state index in [0.29, 0.717) is 49.8 Å². The molecule has 1 amide bonds. The summed E-state index contributed by atoms with van der Waals surface area (Å²) < 4.78 is 24.6. The van der Waals surface area contributed by atoms with Gasteiger partial charge in [0.1, 0.15) is 12.4 Å². The summed E-state index contributed by atoms with van der Waals surface area (Å²) in [5.41, 5.74) is 9.35. The number of nitrogens with zero attached hydrogens (tertiary/aromatic N) is 1. The second-order valence-electron chi connectivity index (χ2n) is 8.26. The molecule has 0 aromatic heterocycles. The van der Waals surface area contributed by atoms with Gasteiger partial charge in [-0.15, -0.1) is 0 Å². The first-order valence-corrected chi connectivity index (χ1v) is 11.5. The summed E-state index contributed by atoms with van der Waals surface area (Å²) in [6.45, 7) is 7.03. The van der Waals surface area contributed by atoms with Gasteiger partial charge in [0, 0.05) is 38.3 Å². The average molecular weight is 460 g/mol. The molecule has 0 spiro atoms. The smallest absolute Gasteiger partial charge is 0.250 e. The fraction of sp³-hybridized carbons (Fsp3) is 0.480. The Balaban J connectivity index is 1.56. The Labute approximate surface area is 194 Å². The number of aliphatic hydroxyl groups excluding tert-OH is 1. The summed E-state index contributed by atoms with van der Waals surface area (Å²) >= 11 is 0. The number of hydrogen-bond acceptors (Lipinski definition) is 6. The lowest BCUT2D eigenvalue weighted by atomic mass is 9.98. The van der Waals surface area contributed by atoms with Gasteiger partial charge < -0.3 is 30.5 Å². The third-order valence-electron chi connectivity index (χ3n) is 5.67. The van der Waals surface area contributed by atoms with Gasteiger partial charge in [-0.1, -0.05) is 6.07 Å². The zero-order valence-electron chi connectivity index (χ0n) is 19.4. The maximum Gasteiger partial charge on any atom is 0.250 e. The Morgan fingerprint density at radius 1 is 1.27 bits per heavy atom. The van der Waals surface area contributed by atoms with E-state index in [-0.39, 0.29) is 18.5 Å². The molecule has 8 heteroatoms. The zero-order valence-corrected chi connectivity index (χ0v) is 19.4. The van der Waals surface area contributed by atoms with Gasteiger partial charge >= 0.3 is 0 Å². The fourth-order valence-electron chi connectivity index (χ4n) is 4.24. The Morgan fingerprint density at radius 2 is 2.09 bits per heavy atom. The molecule has 1 unspecified atom stereocenters. The van der Waals surface area contributed by atoms with Crippen molar-refractivity contribution in [3.8, 4) is 11.5 Å². The van der Waals surface area contributed by atoms with Crippen molar-refractivity contribution in [2.45, 2.75) is 39.2 Å². The molecule has 0 saturated carbocycles. The number of ether oxygens (including phenoxy) is 2. The van der Waals surface area contributed by atoms with Crippen molar-refractivity contribution in [3.63, 3.8) is 0 Å². The predicted molar refractivity (Wildman–Crippen MR) is 127 cm³/mol. The first-order valence-electron chi connectivity index (χ1n) is 11.5. The highest BCUT2D eigenvalue weighted by Gasteiger charge is 2.25. The van der Waals surface area contributed by atoms with E-state index in [1.54, 1.807) is 6.07 Å². The largest absolute Gasteiger partial charge is 0.490 e. The number of aliphatic hydroxyl groups is 1. The number of benzene rings is 2. The third kappa shape index (κ3) is 6.58. The van der Waals surface area contributed by atoms with Crippen LogP contribution in [-0.2, 0) is 12.8 Å². The van der Waals surface area contributed by atoms with Gasteiger partial charge in [-0.3, -0.25) is 4.79 Å². The lowest BCUT2D eigenvalue weighted by Gasteiger charge is -2.22. The van der Waals surface area contributed by atoms with Crippen LogP contribution in [0.3, 0.4) is 0 Å². The fourth-order valence-corrected chi connectivity index (χ4v) is 4.24. The molecule has 1 aliphatic rings. The Kier molecular flexibility index (Phi) is 8.91. The number of fused-ring (bicyclic) bond motifs is 1. The minimum atomic E-state index is -0.428. The number of carbonyl (C=O) groups excluding carboxylic acids is 1. The third-order valence-corrected chi connectivity index (χ3v) is 5.67. The summed E-state index contributed by atoms with van der Waals surface area (Å²) in [7, 11) is 0. The SMILES string of the molecule is CCOc1cc(F)ccc1OCCNC(C)Cc1cc2c(c(C(N)=O)c1)N(CCCO)CC2. The van der Waals surface area contributed by atoms with Crippen LogP contribution in [0.4, 0.5) is 10.1 Å². The number of anilines is 1. The van der Waals surface area contributed by atoms with Crippen molar-refractivity contribution in [1.82, 2.24) is 5.32 Å². The molecule has 2 aromatic carbocycles. The standard InChI is InChI=1S/C25H34FN3O4/c1-3-32-23-16-20(26)5-6-22(23)33-12-8-28-17(2)13-18-14-19-7-10-29(9-4-11-30)24(19)21(15-18)25(27)31/h5-6,14-17,28,30H,3-4,7-13H2,1-2H3,(H2,27,31). The van der Waals surface area contributed by atoms with E-state index in [1.165, 1.54) is 12.1 Å². The molecule has 1 atom stereocenters. The first kappa shape index (κ1) is 24.8. The van der Waals surface area contributed by atoms with Gasteiger partial charge in [0.05, 0.1) is 17.9 Å². The molecule has 2 aromatic rings. The number of rotatable bonds is 13. The molecule has 0 bridgehead atoms. The number of hydrogen-bond donors (Lipinski definition) is 3. The van der Waals surface area contributed by atoms with Gasteiger partial charge in [0.25, 0.3) is 5.91 Å². The van der Waals surface area contributed by atoms with Gasteiger partial charge in [-0.2, -0.15) is 0 Å². The molecule has 4 N–H and O–H groups in total. The summed E-state index contributed by atoms with van der Waals surface area (Å²) in [4.78, 5) is 14.3. The van der Waals surface area contributed by atoms with Gasteiger partial charge in [0.15, 0.2) is 11.5 Å². The highest BCUT2D eigenvalue weighted by atomic mass is 19.1. The molecule has 7 nitrogen and oxygen atoms in total. The minimum absolute atomic E-state index is 0.122. The monoisotopic (exact) mass is 459 g/mol. The molecular weight excluding hydrogens is 425 g/mol. The Hall–Kier alpha value is -2.84. The summed E-state index contributed by atoms with van der Waals surface area (Å²) in [5, 5.41) is 12.6. The van der Waals surface area contributed by atoms with E-state index in [0.717, 1.165) is 36.2 Å². The molecule has 1 heterocycles. The molecular formula is C25H34FN3O4. The summed E-state index contributed by atoms with van der Waals surface area (Å²) in [6, 6.07) is 8.44.